The van der Waals surface area contributed by atoms with Crippen LogP contribution in [0.5, 0.6) is 5.75 Å². The van der Waals surface area contributed by atoms with E-state index in [-0.39, 0.29) is 10.6 Å². The molecule has 0 radical (unpaired) electrons. The number of thioether (sulfide) groups is 1. The molecule has 0 saturated carbocycles. The fourth-order valence-corrected chi connectivity index (χ4v) is 2.61. The van der Waals surface area contributed by atoms with Crippen LogP contribution in [0.15, 0.2) is 23.1 Å². The molecular weight excluding hydrogens is 276 g/mol. The Morgan fingerprint density at radius 2 is 2.20 bits per heavy atom. The number of benzene rings is 1. The van der Waals surface area contributed by atoms with Crippen molar-refractivity contribution in [3.8, 4) is 5.75 Å². The summed E-state index contributed by atoms with van der Waals surface area (Å²) < 4.78 is 5.26. The molecule has 0 aromatic heterocycles. The Morgan fingerprint density at radius 1 is 1.53 bits per heavy atom. The van der Waals surface area contributed by atoms with Crippen molar-refractivity contribution in [2.75, 3.05) is 13.4 Å². The van der Waals surface area contributed by atoms with Gasteiger partial charge in [-0.1, -0.05) is 22.0 Å². The van der Waals surface area contributed by atoms with Crippen LogP contribution in [0.2, 0.25) is 0 Å². The summed E-state index contributed by atoms with van der Waals surface area (Å²) in [6.07, 6.45) is 1.98. The number of hydrogen-bond acceptors (Lipinski definition) is 3. The van der Waals surface area contributed by atoms with Gasteiger partial charge in [0.1, 0.15) is 16.4 Å². The zero-order valence-electron chi connectivity index (χ0n) is 8.91. The van der Waals surface area contributed by atoms with Crippen LogP contribution in [0.25, 0.3) is 0 Å². The molecule has 0 aliphatic carbocycles. The lowest BCUT2D eigenvalue weighted by Crippen LogP contribution is -2.04. The Hall–Kier alpha value is -0.480. The van der Waals surface area contributed by atoms with Gasteiger partial charge in [-0.3, -0.25) is 4.79 Å². The Labute approximate surface area is 103 Å². The number of ketones is 1. The van der Waals surface area contributed by atoms with Crippen LogP contribution in [0, 0.1) is 0 Å². The third kappa shape index (κ3) is 2.75. The van der Waals surface area contributed by atoms with E-state index in [4.69, 9.17) is 4.74 Å². The SMILES string of the molecule is COc1cccc(SC)c1C(Br)C(C)=O. The summed E-state index contributed by atoms with van der Waals surface area (Å²) in [5.74, 6) is 0.828. The Balaban J connectivity index is 3.27. The number of hydrogen-bond donors (Lipinski definition) is 0. The van der Waals surface area contributed by atoms with Gasteiger partial charge < -0.3 is 4.74 Å². The van der Waals surface area contributed by atoms with E-state index < -0.39 is 0 Å². The fourth-order valence-electron chi connectivity index (χ4n) is 1.33. The second-order valence-electron chi connectivity index (χ2n) is 3.05. The highest BCUT2D eigenvalue weighted by molar-refractivity contribution is 9.09. The van der Waals surface area contributed by atoms with Gasteiger partial charge in [-0.25, -0.2) is 0 Å². The highest BCUT2D eigenvalue weighted by Crippen LogP contribution is 2.38. The highest BCUT2D eigenvalue weighted by Gasteiger charge is 2.20. The summed E-state index contributed by atoms with van der Waals surface area (Å²) in [6, 6.07) is 5.78. The summed E-state index contributed by atoms with van der Waals surface area (Å²) in [7, 11) is 1.61. The summed E-state index contributed by atoms with van der Waals surface area (Å²) in [6.45, 7) is 1.57. The Morgan fingerprint density at radius 3 is 2.67 bits per heavy atom. The van der Waals surface area contributed by atoms with Gasteiger partial charge >= 0.3 is 0 Å². The lowest BCUT2D eigenvalue weighted by molar-refractivity contribution is -0.116. The van der Waals surface area contributed by atoms with Crippen molar-refractivity contribution in [1.82, 2.24) is 0 Å². The van der Waals surface area contributed by atoms with Crippen molar-refractivity contribution in [1.29, 1.82) is 0 Å². The number of methoxy groups -OCH3 is 1. The topological polar surface area (TPSA) is 26.3 Å². The smallest absolute Gasteiger partial charge is 0.148 e. The van der Waals surface area contributed by atoms with Gasteiger partial charge in [-0.2, -0.15) is 0 Å². The minimum Gasteiger partial charge on any atom is -0.496 e. The summed E-state index contributed by atoms with van der Waals surface area (Å²) in [5, 5.41) is 0. The molecule has 0 aliphatic rings. The maximum absolute atomic E-state index is 11.4. The maximum Gasteiger partial charge on any atom is 0.148 e. The third-order valence-electron chi connectivity index (χ3n) is 2.08. The largest absolute Gasteiger partial charge is 0.496 e. The average molecular weight is 289 g/mol. The molecule has 0 saturated heterocycles. The normalized spacial score (nSPS) is 12.3. The molecule has 1 aromatic carbocycles. The van der Waals surface area contributed by atoms with Crippen LogP contribution in [-0.2, 0) is 4.79 Å². The van der Waals surface area contributed by atoms with Crippen molar-refractivity contribution in [2.45, 2.75) is 16.6 Å². The van der Waals surface area contributed by atoms with E-state index in [2.05, 4.69) is 15.9 Å². The Kier molecular flexibility index (Phi) is 4.67. The molecule has 0 amide bonds. The summed E-state index contributed by atoms with van der Waals surface area (Å²) >= 11 is 5.00. The van der Waals surface area contributed by atoms with Gasteiger partial charge in [-0.05, 0) is 25.3 Å². The standard InChI is InChI=1S/C11H13BrO2S/c1-7(13)11(12)10-8(14-2)5-4-6-9(10)15-3/h4-6,11H,1-3H3. The summed E-state index contributed by atoms with van der Waals surface area (Å²) in [5.41, 5.74) is 0.917. The fraction of sp³-hybridized carbons (Fsp3) is 0.364. The van der Waals surface area contributed by atoms with Gasteiger partial charge in [0.2, 0.25) is 0 Å². The van der Waals surface area contributed by atoms with Crippen LogP contribution < -0.4 is 4.74 Å². The quantitative estimate of drug-likeness (QED) is 0.627. The first-order valence-corrected chi connectivity index (χ1v) is 6.61. The Bertz CT molecular complexity index is 343. The van der Waals surface area contributed by atoms with Gasteiger partial charge in [0, 0.05) is 10.5 Å². The minimum absolute atomic E-state index is 0.0785. The van der Waals surface area contributed by atoms with Crippen molar-refractivity contribution in [3.63, 3.8) is 0 Å². The molecule has 1 aromatic rings. The molecule has 4 heteroatoms. The van der Waals surface area contributed by atoms with E-state index in [1.165, 1.54) is 0 Å². The second kappa shape index (κ2) is 5.56. The van der Waals surface area contributed by atoms with E-state index in [1.807, 2.05) is 24.5 Å². The van der Waals surface area contributed by atoms with E-state index in [1.54, 1.807) is 25.8 Å². The van der Waals surface area contributed by atoms with Gasteiger partial charge in [-0.15, -0.1) is 11.8 Å². The van der Waals surface area contributed by atoms with E-state index in [0.717, 1.165) is 16.2 Å². The number of halogens is 1. The molecule has 15 heavy (non-hydrogen) atoms. The molecule has 0 fully saturated rings. The van der Waals surface area contributed by atoms with Crippen LogP contribution in [0.3, 0.4) is 0 Å². The maximum atomic E-state index is 11.4. The lowest BCUT2D eigenvalue weighted by Gasteiger charge is -2.15. The molecule has 1 rings (SSSR count). The first-order valence-electron chi connectivity index (χ1n) is 4.47. The third-order valence-corrected chi connectivity index (χ3v) is 3.97. The second-order valence-corrected chi connectivity index (χ2v) is 4.81. The molecule has 0 N–H and O–H groups in total. The number of carbonyl (C=O) groups excluding carboxylic acids is 1. The predicted molar refractivity (Wildman–Crippen MR) is 67.1 cm³/mol. The van der Waals surface area contributed by atoms with Gasteiger partial charge in [0.05, 0.1) is 7.11 Å². The molecule has 0 spiro atoms. The van der Waals surface area contributed by atoms with Crippen molar-refractivity contribution in [2.24, 2.45) is 0 Å². The van der Waals surface area contributed by atoms with Crippen LogP contribution >= 0.6 is 27.7 Å². The molecule has 0 heterocycles. The minimum atomic E-state index is -0.295. The van der Waals surface area contributed by atoms with E-state index in [0.29, 0.717) is 0 Å². The first-order chi connectivity index (χ1) is 7.11. The highest BCUT2D eigenvalue weighted by atomic mass is 79.9. The molecule has 2 nitrogen and oxygen atoms in total. The number of rotatable bonds is 4. The summed E-state index contributed by atoms with van der Waals surface area (Å²) in [4.78, 5) is 12.1. The van der Waals surface area contributed by atoms with Crippen LogP contribution in [-0.4, -0.2) is 19.1 Å². The molecule has 1 unspecified atom stereocenters. The number of carbonyl (C=O) groups is 1. The van der Waals surface area contributed by atoms with E-state index in [9.17, 15) is 4.79 Å². The first kappa shape index (κ1) is 12.6. The number of alkyl halides is 1. The van der Waals surface area contributed by atoms with Gasteiger partial charge in [0.25, 0.3) is 0 Å². The zero-order valence-corrected chi connectivity index (χ0v) is 11.3. The molecule has 0 aliphatic heterocycles. The van der Waals surface area contributed by atoms with Crippen molar-refractivity contribution >= 4 is 33.5 Å². The molecule has 82 valence electrons. The number of ether oxygens (including phenoxy) is 1. The van der Waals surface area contributed by atoms with Crippen molar-refractivity contribution < 1.29 is 9.53 Å². The van der Waals surface area contributed by atoms with Crippen LogP contribution in [0.1, 0.15) is 17.3 Å². The molecular formula is C11H13BrO2S. The molecule has 1 atom stereocenters. The zero-order chi connectivity index (χ0) is 11.4. The van der Waals surface area contributed by atoms with Crippen LogP contribution in [0.4, 0.5) is 0 Å². The number of Topliss-reactive ketones (excluding diaryl/α,β-unsaturated/α-hetero) is 1. The van der Waals surface area contributed by atoms with Gasteiger partial charge in [0.15, 0.2) is 0 Å². The van der Waals surface area contributed by atoms with E-state index >= 15 is 0 Å². The monoisotopic (exact) mass is 288 g/mol. The van der Waals surface area contributed by atoms with Crippen molar-refractivity contribution in [3.05, 3.63) is 23.8 Å². The predicted octanol–water partition coefficient (Wildman–Crippen LogP) is 3.44. The molecule has 0 bridgehead atoms. The average Bonchev–Trinajstić information content (AvgIpc) is 2.26. The lowest BCUT2D eigenvalue weighted by atomic mass is 10.1.